The van der Waals surface area contributed by atoms with Gasteiger partial charge in [-0.2, -0.15) is 0 Å². The molecule has 0 saturated carbocycles. The number of amides is 1. The number of nitrogens with zero attached hydrogens (tertiary/aromatic N) is 2. The summed E-state index contributed by atoms with van der Waals surface area (Å²) in [6.07, 6.45) is 0. The molecule has 4 rings (SSSR count). The first-order chi connectivity index (χ1) is 14.7. The third-order valence-electron chi connectivity index (χ3n) is 5.01. The topological polar surface area (TPSA) is 78.0 Å². The fourth-order valence-electron chi connectivity index (χ4n) is 3.36. The predicted molar refractivity (Wildman–Crippen MR) is 111 cm³/mol. The molecule has 1 amide bonds. The van der Waals surface area contributed by atoms with Crippen LogP contribution in [0.3, 0.4) is 0 Å². The minimum Gasteiger partial charge on any atom is -0.497 e. The molecule has 1 fully saturated rings. The molecule has 154 valence electrons. The van der Waals surface area contributed by atoms with Crippen LogP contribution in [0.15, 0.2) is 54.6 Å². The van der Waals surface area contributed by atoms with Crippen molar-refractivity contribution in [3.8, 4) is 17.0 Å². The lowest BCUT2D eigenvalue weighted by Crippen LogP contribution is -2.42. The van der Waals surface area contributed by atoms with E-state index in [2.05, 4.69) is 4.98 Å². The third kappa shape index (κ3) is 4.26. The van der Waals surface area contributed by atoms with E-state index >= 15 is 0 Å². The molecule has 0 N–H and O–H groups in total. The molecule has 7 heteroatoms. The summed E-state index contributed by atoms with van der Waals surface area (Å²) in [5, 5.41) is 0.679. The molecule has 0 atom stereocenters. The number of esters is 1. The van der Waals surface area contributed by atoms with Crippen molar-refractivity contribution in [1.29, 1.82) is 0 Å². The number of hydrogen-bond acceptors (Lipinski definition) is 6. The fourth-order valence-corrected chi connectivity index (χ4v) is 3.36. The molecule has 1 saturated heterocycles. The van der Waals surface area contributed by atoms with Gasteiger partial charge in [-0.25, -0.2) is 9.78 Å². The Labute approximate surface area is 174 Å². The zero-order valence-corrected chi connectivity index (χ0v) is 16.7. The van der Waals surface area contributed by atoms with E-state index in [1.54, 1.807) is 18.1 Å². The maximum Gasteiger partial charge on any atom is 0.339 e. The van der Waals surface area contributed by atoms with Crippen LogP contribution in [0, 0.1) is 0 Å². The Morgan fingerprint density at radius 1 is 1.07 bits per heavy atom. The lowest BCUT2D eigenvalue weighted by Gasteiger charge is -2.26. The van der Waals surface area contributed by atoms with Gasteiger partial charge in [0.15, 0.2) is 6.61 Å². The van der Waals surface area contributed by atoms with Gasteiger partial charge in [-0.3, -0.25) is 4.79 Å². The highest BCUT2D eigenvalue weighted by Gasteiger charge is 2.20. The van der Waals surface area contributed by atoms with Gasteiger partial charge in [-0.05, 0) is 36.4 Å². The maximum atomic E-state index is 12.9. The average Bonchev–Trinajstić information content (AvgIpc) is 2.82. The van der Waals surface area contributed by atoms with Crippen LogP contribution in [0.25, 0.3) is 22.2 Å². The number of aromatic nitrogens is 1. The van der Waals surface area contributed by atoms with Gasteiger partial charge >= 0.3 is 5.97 Å². The number of fused-ring (bicyclic) bond motifs is 1. The normalized spacial score (nSPS) is 13.8. The summed E-state index contributed by atoms with van der Waals surface area (Å²) in [6.45, 7) is 1.72. The zero-order valence-electron chi connectivity index (χ0n) is 16.7. The van der Waals surface area contributed by atoms with Crippen LogP contribution < -0.4 is 4.74 Å². The van der Waals surface area contributed by atoms with E-state index in [0.717, 1.165) is 11.3 Å². The van der Waals surface area contributed by atoms with Gasteiger partial charge in [0.1, 0.15) is 5.75 Å². The highest BCUT2D eigenvalue weighted by atomic mass is 16.5. The molecule has 3 aromatic rings. The Morgan fingerprint density at radius 3 is 2.53 bits per heavy atom. The monoisotopic (exact) mass is 406 g/mol. The first-order valence-electron chi connectivity index (χ1n) is 9.72. The molecule has 30 heavy (non-hydrogen) atoms. The Kier molecular flexibility index (Phi) is 5.90. The van der Waals surface area contributed by atoms with Crippen molar-refractivity contribution in [2.45, 2.75) is 0 Å². The van der Waals surface area contributed by atoms with Gasteiger partial charge in [-0.15, -0.1) is 0 Å². The molecule has 0 unspecified atom stereocenters. The lowest BCUT2D eigenvalue weighted by atomic mass is 10.0. The molecule has 1 aliphatic rings. The van der Waals surface area contributed by atoms with Gasteiger partial charge in [0.2, 0.25) is 0 Å². The molecular formula is C23H22N2O5. The van der Waals surface area contributed by atoms with Crippen molar-refractivity contribution < 1.29 is 23.8 Å². The summed E-state index contributed by atoms with van der Waals surface area (Å²) in [5.41, 5.74) is 2.54. The second-order valence-corrected chi connectivity index (χ2v) is 6.87. The summed E-state index contributed by atoms with van der Waals surface area (Å²) in [6, 6.07) is 16.5. The number of pyridine rings is 1. The van der Waals surface area contributed by atoms with E-state index < -0.39 is 5.97 Å². The van der Waals surface area contributed by atoms with Crippen LogP contribution in [0.2, 0.25) is 0 Å². The zero-order chi connectivity index (χ0) is 20.9. The summed E-state index contributed by atoms with van der Waals surface area (Å²) in [7, 11) is 1.61. The number of ether oxygens (including phenoxy) is 3. The Morgan fingerprint density at radius 2 is 1.80 bits per heavy atom. The maximum absolute atomic E-state index is 12.9. The molecule has 0 aliphatic carbocycles. The molecular weight excluding hydrogens is 384 g/mol. The second kappa shape index (κ2) is 8.92. The van der Waals surface area contributed by atoms with E-state index in [1.807, 2.05) is 48.5 Å². The van der Waals surface area contributed by atoms with Crippen LogP contribution in [-0.4, -0.2) is 61.8 Å². The van der Waals surface area contributed by atoms with Crippen molar-refractivity contribution in [3.05, 3.63) is 60.2 Å². The molecule has 0 bridgehead atoms. The summed E-state index contributed by atoms with van der Waals surface area (Å²) >= 11 is 0. The standard InChI is InChI=1S/C23H22N2O5/c1-28-17-8-6-16(7-9-17)21-14-19(18-4-2-3-5-20(18)24-21)23(27)30-15-22(26)25-10-12-29-13-11-25/h2-9,14H,10-13,15H2,1H3. The fraction of sp³-hybridized carbons (Fsp3) is 0.261. The van der Waals surface area contributed by atoms with Crippen molar-refractivity contribution in [1.82, 2.24) is 9.88 Å². The lowest BCUT2D eigenvalue weighted by molar-refractivity contribution is -0.138. The van der Waals surface area contributed by atoms with Gasteiger partial charge in [0.05, 0.1) is 37.1 Å². The number of hydrogen-bond donors (Lipinski definition) is 0. The van der Waals surface area contributed by atoms with E-state index in [1.165, 1.54) is 0 Å². The number of carbonyl (C=O) groups excluding carboxylic acids is 2. The largest absolute Gasteiger partial charge is 0.497 e. The first-order valence-corrected chi connectivity index (χ1v) is 9.72. The minimum atomic E-state index is -0.551. The van der Waals surface area contributed by atoms with E-state index in [0.29, 0.717) is 48.5 Å². The van der Waals surface area contributed by atoms with Crippen LogP contribution in [0.1, 0.15) is 10.4 Å². The molecule has 2 aromatic carbocycles. The molecule has 7 nitrogen and oxygen atoms in total. The summed E-state index contributed by atoms with van der Waals surface area (Å²) in [5.74, 6) is -0.0360. The van der Waals surface area contributed by atoms with E-state index in [4.69, 9.17) is 14.2 Å². The Hall–Kier alpha value is -3.45. The molecule has 0 radical (unpaired) electrons. The Balaban J connectivity index is 1.60. The minimum absolute atomic E-state index is 0.222. The smallest absolute Gasteiger partial charge is 0.339 e. The quantitative estimate of drug-likeness (QED) is 0.607. The van der Waals surface area contributed by atoms with Crippen LogP contribution >= 0.6 is 0 Å². The highest BCUT2D eigenvalue weighted by Crippen LogP contribution is 2.26. The molecule has 2 heterocycles. The van der Waals surface area contributed by atoms with E-state index in [9.17, 15) is 9.59 Å². The summed E-state index contributed by atoms with van der Waals surface area (Å²) in [4.78, 5) is 31.5. The van der Waals surface area contributed by atoms with Crippen molar-refractivity contribution in [2.75, 3.05) is 40.0 Å². The number of para-hydroxylation sites is 1. The molecule has 0 spiro atoms. The van der Waals surface area contributed by atoms with Gasteiger partial charge < -0.3 is 19.1 Å². The Bertz CT molecular complexity index is 1060. The highest BCUT2D eigenvalue weighted by molar-refractivity contribution is 6.05. The van der Waals surface area contributed by atoms with Crippen molar-refractivity contribution >= 4 is 22.8 Å². The van der Waals surface area contributed by atoms with Crippen LogP contribution in [-0.2, 0) is 14.3 Å². The van der Waals surface area contributed by atoms with Crippen LogP contribution in [0.5, 0.6) is 5.75 Å². The number of methoxy groups -OCH3 is 1. The van der Waals surface area contributed by atoms with Gasteiger partial charge in [0.25, 0.3) is 5.91 Å². The van der Waals surface area contributed by atoms with Gasteiger partial charge in [-0.1, -0.05) is 18.2 Å². The number of rotatable bonds is 5. The van der Waals surface area contributed by atoms with Gasteiger partial charge in [0, 0.05) is 24.0 Å². The first kappa shape index (κ1) is 19.8. The molecule has 1 aliphatic heterocycles. The summed E-state index contributed by atoms with van der Waals surface area (Å²) < 4.78 is 15.8. The predicted octanol–water partition coefficient (Wildman–Crippen LogP) is 2.93. The second-order valence-electron chi connectivity index (χ2n) is 6.87. The third-order valence-corrected chi connectivity index (χ3v) is 5.01. The average molecular weight is 406 g/mol. The SMILES string of the molecule is COc1ccc(-c2cc(C(=O)OCC(=O)N3CCOCC3)c3ccccc3n2)cc1. The number of carbonyl (C=O) groups is 2. The van der Waals surface area contributed by atoms with Crippen molar-refractivity contribution in [3.63, 3.8) is 0 Å². The molecule has 1 aromatic heterocycles. The number of benzene rings is 2. The van der Waals surface area contributed by atoms with E-state index in [-0.39, 0.29) is 12.5 Å². The van der Waals surface area contributed by atoms with Crippen LogP contribution in [0.4, 0.5) is 0 Å². The number of morpholine rings is 1. The van der Waals surface area contributed by atoms with Crippen molar-refractivity contribution in [2.24, 2.45) is 0 Å².